The Labute approximate surface area is 146 Å². The molecular weight excluding hydrogens is 324 g/mol. The molecule has 0 aliphatic carbocycles. The topological polar surface area (TPSA) is 86.0 Å². The minimum atomic E-state index is -0.645. The van der Waals surface area contributed by atoms with Crippen molar-refractivity contribution in [1.82, 2.24) is 0 Å². The van der Waals surface area contributed by atoms with Crippen LogP contribution < -0.4 is 10.2 Å². The second kappa shape index (κ2) is 7.88. The zero-order valence-corrected chi connectivity index (χ0v) is 14.7. The summed E-state index contributed by atoms with van der Waals surface area (Å²) in [6, 6.07) is 8.28. The lowest BCUT2D eigenvalue weighted by Gasteiger charge is -2.18. The molecule has 0 saturated heterocycles. The number of ether oxygens (including phenoxy) is 2. The molecule has 6 nitrogen and oxygen atoms in total. The largest absolute Gasteiger partial charge is 0.502 e. The molecule has 2 aromatic rings. The third-order valence-corrected chi connectivity index (χ3v) is 3.64. The van der Waals surface area contributed by atoms with Gasteiger partial charge in [0, 0.05) is 6.07 Å². The molecule has 0 fully saturated rings. The fraction of sp³-hybridized carbons (Fsp3) is 0.368. The number of esters is 1. The standard InChI is InChI=1S/C19H22O6/c1-11(2)24-14-7-5-13(6-8-14)15(10-17(21)23-4)19-18(22)16(20)9-12(3)25-19/h5-9,11,15,22H,10H2,1-4H3. The summed E-state index contributed by atoms with van der Waals surface area (Å²) in [6.07, 6.45) is -0.0311. The Morgan fingerprint density at radius 2 is 1.88 bits per heavy atom. The van der Waals surface area contributed by atoms with Crippen LogP contribution in [0.4, 0.5) is 0 Å². The molecule has 1 N–H and O–H groups in total. The van der Waals surface area contributed by atoms with Gasteiger partial charge in [-0.05, 0) is 38.5 Å². The Hall–Kier alpha value is -2.76. The average Bonchev–Trinajstić information content (AvgIpc) is 2.56. The van der Waals surface area contributed by atoms with Crippen molar-refractivity contribution in [2.75, 3.05) is 7.11 Å². The third-order valence-electron chi connectivity index (χ3n) is 3.64. The smallest absolute Gasteiger partial charge is 0.306 e. The van der Waals surface area contributed by atoms with Crippen molar-refractivity contribution in [3.63, 3.8) is 0 Å². The van der Waals surface area contributed by atoms with E-state index < -0.39 is 23.1 Å². The van der Waals surface area contributed by atoms with E-state index in [1.54, 1.807) is 31.2 Å². The van der Waals surface area contributed by atoms with Gasteiger partial charge < -0.3 is 19.0 Å². The number of aromatic hydroxyl groups is 1. The Balaban J connectivity index is 2.46. The van der Waals surface area contributed by atoms with Gasteiger partial charge in [0.2, 0.25) is 11.2 Å². The number of aryl methyl sites for hydroxylation is 1. The molecule has 2 rings (SSSR count). The number of carbonyl (C=O) groups excluding carboxylic acids is 1. The van der Waals surface area contributed by atoms with Gasteiger partial charge in [-0.15, -0.1) is 0 Å². The molecular formula is C19H22O6. The molecule has 134 valence electrons. The highest BCUT2D eigenvalue weighted by molar-refractivity contribution is 5.71. The molecule has 0 amide bonds. The molecule has 25 heavy (non-hydrogen) atoms. The molecule has 1 heterocycles. The molecule has 0 spiro atoms. The summed E-state index contributed by atoms with van der Waals surface area (Å²) in [4.78, 5) is 23.7. The summed E-state index contributed by atoms with van der Waals surface area (Å²) in [6.45, 7) is 5.46. The number of hydrogen-bond acceptors (Lipinski definition) is 6. The van der Waals surface area contributed by atoms with E-state index in [1.165, 1.54) is 13.2 Å². The summed E-state index contributed by atoms with van der Waals surface area (Å²) in [5.74, 6) is -0.530. The molecule has 0 aliphatic rings. The van der Waals surface area contributed by atoms with Gasteiger partial charge in [-0.2, -0.15) is 0 Å². The maximum atomic E-state index is 11.9. The maximum Gasteiger partial charge on any atom is 0.306 e. The number of methoxy groups -OCH3 is 1. The van der Waals surface area contributed by atoms with Crippen molar-refractivity contribution in [2.24, 2.45) is 0 Å². The van der Waals surface area contributed by atoms with Crippen LogP contribution in [-0.4, -0.2) is 24.3 Å². The molecule has 0 bridgehead atoms. The second-order valence-electron chi connectivity index (χ2n) is 6.00. The van der Waals surface area contributed by atoms with Crippen LogP contribution in [0, 0.1) is 6.92 Å². The lowest BCUT2D eigenvalue weighted by atomic mass is 9.92. The summed E-state index contributed by atoms with van der Waals surface area (Å²) in [5.41, 5.74) is 0.152. The highest BCUT2D eigenvalue weighted by atomic mass is 16.5. The Morgan fingerprint density at radius 3 is 2.44 bits per heavy atom. The SMILES string of the molecule is COC(=O)CC(c1ccc(OC(C)C)cc1)c1oc(C)cc(=O)c1O. The molecule has 1 unspecified atom stereocenters. The van der Waals surface area contributed by atoms with E-state index in [0.29, 0.717) is 17.1 Å². The van der Waals surface area contributed by atoms with Crippen molar-refractivity contribution in [3.05, 3.63) is 57.6 Å². The number of carbonyl (C=O) groups is 1. The normalized spacial score (nSPS) is 12.0. The summed E-state index contributed by atoms with van der Waals surface area (Å²) < 4.78 is 15.9. The van der Waals surface area contributed by atoms with E-state index in [9.17, 15) is 14.7 Å². The van der Waals surface area contributed by atoms with Crippen molar-refractivity contribution in [2.45, 2.75) is 39.2 Å². The van der Waals surface area contributed by atoms with Crippen LogP contribution in [0.3, 0.4) is 0 Å². The molecule has 6 heteroatoms. The van der Waals surface area contributed by atoms with Crippen LogP contribution >= 0.6 is 0 Å². The van der Waals surface area contributed by atoms with Crippen LogP contribution in [0.25, 0.3) is 0 Å². The molecule has 0 saturated carbocycles. The molecule has 0 radical (unpaired) electrons. The second-order valence-corrected chi connectivity index (χ2v) is 6.00. The van der Waals surface area contributed by atoms with E-state index in [1.807, 2.05) is 13.8 Å². The van der Waals surface area contributed by atoms with Crippen molar-refractivity contribution in [1.29, 1.82) is 0 Å². The maximum absolute atomic E-state index is 11.9. The first-order chi connectivity index (χ1) is 11.8. The first kappa shape index (κ1) is 18.6. The van der Waals surface area contributed by atoms with Gasteiger partial charge in [-0.1, -0.05) is 12.1 Å². The number of hydrogen-bond donors (Lipinski definition) is 1. The van der Waals surface area contributed by atoms with Gasteiger partial charge in [-0.3, -0.25) is 9.59 Å². The zero-order valence-electron chi connectivity index (χ0n) is 14.7. The van der Waals surface area contributed by atoms with E-state index in [0.717, 1.165) is 0 Å². The van der Waals surface area contributed by atoms with Gasteiger partial charge in [0.25, 0.3) is 0 Å². The minimum Gasteiger partial charge on any atom is -0.502 e. The Kier molecular flexibility index (Phi) is 5.85. The lowest BCUT2D eigenvalue weighted by molar-refractivity contribution is -0.140. The van der Waals surface area contributed by atoms with Gasteiger partial charge in [0.05, 0.1) is 25.6 Å². The number of benzene rings is 1. The third kappa shape index (κ3) is 4.62. The quantitative estimate of drug-likeness (QED) is 0.809. The van der Waals surface area contributed by atoms with Crippen LogP contribution in [0.2, 0.25) is 0 Å². The van der Waals surface area contributed by atoms with Crippen molar-refractivity contribution >= 4 is 5.97 Å². The van der Waals surface area contributed by atoms with Crippen LogP contribution in [0.1, 0.15) is 43.3 Å². The van der Waals surface area contributed by atoms with E-state index in [2.05, 4.69) is 0 Å². The molecule has 1 aromatic heterocycles. The molecule has 1 atom stereocenters. The minimum absolute atomic E-state index is 0.0376. The van der Waals surface area contributed by atoms with Crippen LogP contribution in [-0.2, 0) is 9.53 Å². The zero-order chi connectivity index (χ0) is 18.6. The highest BCUT2D eigenvalue weighted by Gasteiger charge is 2.26. The van der Waals surface area contributed by atoms with Crippen molar-refractivity contribution < 1.29 is 23.8 Å². The van der Waals surface area contributed by atoms with Gasteiger partial charge in [-0.25, -0.2) is 0 Å². The van der Waals surface area contributed by atoms with Crippen LogP contribution in [0.15, 0.2) is 39.5 Å². The van der Waals surface area contributed by atoms with E-state index in [4.69, 9.17) is 13.9 Å². The van der Waals surface area contributed by atoms with E-state index in [-0.39, 0.29) is 18.3 Å². The van der Waals surface area contributed by atoms with Crippen molar-refractivity contribution in [3.8, 4) is 11.5 Å². The van der Waals surface area contributed by atoms with Gasteiger partial charge in [0.1, 0.15) is 11.5 Å². The lowest BCUT2D eigenvalue weighted by Crippen LogP contribution is -2.13. The molecule has 0 aliphatic heterocycles. The summed E-state index contributed by atoms with van der Waals surface area (Å²) in [7, 11) is 1.28. The Bertz CT molecular complexity index is 789. The predicted molar refractivity (Wildman–Crippen MR) is 92.1 cm³/mol. The van der Waals surface area contributed by atoms with Gasteiger partial charge >= 0.3 is 5.97 Å². The highest BCUT2D eigenvalue weighted by Crippen LogP contribution is 2.34. The fourth-order valence-electron chi connectivity index (χ4n) is 2.52. The first-order valence-electron chi connectivity index (χ1n) is 7.98. The first-order valence-corrected chi connectivity index (χ1v) is 7.98. The average molecular weight is 346 g/mol. The van der Waals surface area contributed by atoms with Gasteiger partial charge in [0.15, 0.2) is 5.76 Å². The number of rotatable bonds is 6. The predicted octanol–water partition coefficient (Wildman–Crippen LogP) is 3.14. The fourth-order valence-corrected chi connectivity index (χ4v) is 2.52. The Morgan fingerprint density at radius 1 is 1.24 bits per heavy atom. The summed E-state index contributed by atoms with van der Waals surface area (Å²) in [5, 5.41) is 10.1. The summed E-state index contributed by atoms with van der Waals surface area (Å²) >= 11 is 0. The molecule has 1 aromatic carbocycles. The van der Waals surface area contributed by atoms with E-state index >= 15 is 0 Å². The monoisotopic (exact) mass is 346 g/mol. The van der Waals surface area contributed by atoms with Crippen LogP contribution in [0.5, 0.6) is 11.5 Å².